The molecule has 1 aromatic carbocycles. The van der Waals surface area contributed by atoms with E-state index in [2.05, 4.69) is 5.32 Å². The molecule has 0 radical (unpaired) electrons. The highest BCUT2D eigenvalue weighted by Crippen LogP contribution is 2.27. The molecule has 0 aliphatic carbocycles. The molecule has 1 aliphatic rings. The lowest BCUT2D eigenvalue weighted by atomic mass is 10.1. The molecule has 1 unspecified atom stereocenters. The standard InChI is InChI=1S/C13H17NO4/c15-11-5-1-4-10(12(11)16)13(17)14-7-6-9-3-2-8-18-9/h1,4-5,9,15-16H,2-3,6-8H2,(H,14,17). The van der Waals surface area contributed by atoms with E-state index in [-0.39, 0.29) is 29.1 Å². The number of hydrogen-bond donors (Lipinski definition) is 3. The molecule has 0 bridgehead atoms. The van der Waals surface area contributed by atoms with Crippen molar-refractivity contribution in [2.75, 3.05) is 13.2 Å². The highest BCUT2D eigenvalue weighted by Gasteiger charge is 2.17. The fourth-order valence-corrected chi connectivity index (χ4v) is 2.03. The third-order valence-corrected chi connectivity index (χ3v) is 3.04. The van der Waals surface area contributed by atoms with Gasteiger partial charge < -0.3 is 20.3 Å². The minimum atomic E-state index is -0.388. The summed E-state index contributed by atoms with van der Waals surface area (Å²) in [7, 11) is 0. The summed E-state index contributed by atoms with van der Waals surface area (Å²) in [4.78, 5) is 11.8. The van der Waals surface area contributed by atoms with E-state index < -0.39 is 0 Å². The van der Waals surface area contributed by atoms with Gasteiger partial charge in [0.25, 0.3) is 5.91 Å². The summed E-state index contributed by atoms with van der Waals surface area (Å²) in [6.45, 7) is 1.30. The van der Waals surface area contributed by atoms with E-state index in [1.807, 2.05) is 0 Å². The second-order valence-corrected chi connectivity index (χ2v) is 4.35. The first-order chi connectivity index (χ1) is 8.68. The summed E-state index contributed by atoms with van der Waals surface area (Å²) in [6, 6.07) is 4.32. The van der Waals surface area contributed by atoms with Crippen LogP contribution in [0.4, 0.5) is 0 Å². The maximum absolute atomic E-state index is 11.8. The van der Waals surface area contributed by atoms with Crippen molar-refractivity contribution in [3.63, 3.8) is 0 Å². The van der Waals surface area contributed by atoms with Crippen LogP contribution in [0.15, 0.2) is 18.2 Å². The normalized spacial score (nSPS) is 18.8. The van der Waals surface area contributed by atoms with E-state index >= 15 is 0 Å². The van der Waals surface area contributed by atoms with E-state index in [0.29, 0.717) is 6.54 Å². The van der Waals surface area contributed by atoms with Gasteiger partial charge in [-0.2, -0.15) is 0 Å². The average Bonchev–Trinajstić information content (AvgIpc) is 2.85. The molecule has 3 N–H and O–H groups in total. The summed E-state index contributed by atoms with van der Waals surface area (Å²) in [6.07, 6.45) is 3.10. The fraction of sp³-hybridized carbons (Fsp3) is 0.462. The van der Waals surface area contributed by atoms with Gasteiger partial charge in [0.05, 0.1) is 11.7 Å². The fourth-order valence-electron chi connectivity index (χ4n) is 2.03. The molecule has 1 saturated heterocycles. The lowest BCUT2D eigenvalue weighted by Crippen LogP contribution is -2.27. The summed E-state index contributed by atoms with van der Waals surface area (Å²) in [5.74, 6) is -1.06. The lowest BCUT2D eigenvalue weighted by Gasteiger charge is -2.11. The number of phenols is 2. The van der Waals surface area contributed by atoms with Crippen LogP contribution in [0.5, 0.6) is 11.5 Å². The van der Waals surface area contributed by atoms with Crippen molar-refractivity contribution in [3.8, 4) is 11.5 Å². The second-order valence-electron chi connectivity index (χ2n) is 4.35. The van der Waals surface area contributed by atoms with E-state index in [0.717, 1.165) is 25.9 Å². The number of carbonyl (C=O) groups is 1. The van der Waals surface area contributed by atoms with Gasteiger partial charge in [0.15, 0.2) is 11.5 Å². The minimum Gasteiger partial charge on any atom is -0.504 e. The van der Waals surface area contributed by atoms with Crippen LogP contribution in [0, 0.1) is 0 Å². The maximum atomic E-state index is 11.8. The van der Waals surface area contributed by atoms with Crippen molar-refractivity contribution in [3.05, 3.63) is 23.8 Å². The van der Waals surface area contributed by atoms with Gasteiger partial charge in [0.2, 0.25) is 0 Å². The molecule has 2 rings (SSSR count). The Bertz CT molecular complexity index is 427. The quantitative estimate of drug-likeness (QED) is 0.707. The maximum Gasteiger partial charge on any atom is 0.255 e. The molecule has 5 nitrogen and oxygen atoms in total. The SMILES string of the molecule is O=C(NCCC1CCCO1)c1cccc(O)c1O. The molecule has 0 saturated carbocycles. The van der Waals surface area contributed by atoms with Crippen LogP contribution in [0.25, 0.3) is 0 Å². The van der Waals surface area contributed by atoms with Crippen LogP contribution >= 0.6 is 0 Å². The van der Waals surface area contributed by atoms with Gasteiger partial charge in [0, 0.05) is 13.2 Å². The number of nitrogens with one attached hydrogen (secondary N) is 1. The molecule has 1 aromatic rings. The Morgan fingerprint density at radius 1 is 1.44 bits per heavy atom. The number of para-hydroxylation sites is 1. The van der Waals surface area contributed by atoms with Crippen molar-refractivity contribution < 1.29 is 19.7 Å². The molecule has 5 heteroatoms. The molecule has 1 heterocycles. The number of aromatic hydroxyl groups is 2. The van der Waals surface area contributed by atoms with Crippen LogP contribution < -0.4 is 5.32 Å². The number of phenolic OH excluding ortho intramolecular Hbond substituents is 2. The van der Waals surface area contributed by atoms with E-state index in [1.54, 1.807) is 0 Å². The van der Waals surface area contributed by atoms with Gasteiger partial charge in [0.1, 0.15) is 0 Å². The zero-order valence-electron chi connectivity index (χ0n) is 10.1. The second kappa shape index (κ2) is 5.73. The summed E-state index contributed by atoms with van der Waals surface area (Å²) >= 11 is 0. The van der Waals surface area contributed by atoms with Crippen molar-refractivity contribution in [2.24, 2.45) is 0 Å². The Kier molecular flexibility index (Phi) is 4.04. The first-order valence-electron chi connectivity index (χ1n) is 6.09. The third kappa shape index (κ3) is 2.92. The molecule has 1 aliphatic heterocycles. The number of carbonyl (C=O) groups excluding carboxylic acids is 1. The Morgan fingerprint density at radius 3 is 3.00 bits per heavy atom. The summed E-state index contributed by atoms with van der Waals surface area (Å²) < 4.78 is 5.44. The van der Waals surface area contributed by atoms with Crippen molar-refractivity contribution in [1.82, 2.24) is 5.32 Å². The Hall–Kier alpha value is -1.75. The zero-order chi connectivity index (χ0) is 13.0. The number of rotatable bonds is 4. The van der Waals surface area contributed by atoms with E-state index in [1.165, 1.54) is 18.2 Å². The van der Waals surface area contributed by atoms with Gasteiger partial charge >= 0.3 is 0 Å². The van der Waals surface area contributed by atoms with Crippen LogP contribution in [-0.2, 0) is 4.74 Å². The molecule has 0 spiro atoms. The molecule has 0 aromatic heterocycles. The van der Waals surface area contributed by atoms with Gasteiger partial charge in [-0.15, -0.1) is 0 Å². The molecular weight excluding hydrogens is 234 g/mol. The van der Waals surface area contributed by atoms with Crippen molar-refractivity contribution in [2.45, 2.75) is 25.4 Å². The molecular formula is C13H17NO4. The highest BCUT2D eigenvalue weighted by molar-refractivity contribution is 5.97. The average molecular weight is 251 g/mol. The monoisotopic (exact) mass is 251 g/mol. The number of hydrogen-bond acceptors (Lipinski definition) is 4. The van der Waals surface area contributed by atoms with Crippen LogP contribution in [0.3, 0.4) is 0 Å². The Labute approximate surface area is 105 Å². The number of amides is 1. The third-order valence-electron chi connectivity index (χ3n) is 3.04. The van der Waals surface area contributed by atoms with Gasteiger partial charge in [-0.1, -0.05) is 6.07 Å². The van der Waals surface area contributed by atoms with Crippen molar-refractivity contribution >= 4 is 5.91 Å². The Balaban J connectivity index is 1.85. The number of benzene rings is 1. The largest absolute Gasteiger partial charge is 0.504 e. The van der Waals surface area contributed by atoms with Gasteiger partial charge in [-0.3, -0.25) is 4.79 Å². The molecule has 18 heavy (non-hydrogen) atoms. The first-order valence-corrected chi connectivity index (χ1v) is 6.09. The van der Waals surface area contributed by atoms with Crippen LogP contribution in [-0.4, -0.2) is 35.4 Å². The van der Waals surface area contributed by atoms with E-state index in [4.69, 9.17) is 4.74 Å². The first kappa shape index (κ1) is 12.7. The summed E-state index contributed by atoms with van der Waals surface area (Å²) in [5.41, 5.74) is 0.0855. The van der Waals surface area contributed by atoms with Gasteiger partial charge in [-0.05, 0) is 31.4 Å². The molecule has 1 amide bonds. The molecule has 1 atom stereocenters. The highest BCUT2D eigenvalue weighted by atomic mass is 16.5. The molecule has 1 fully saturated rings. The predicted octanol–water partition coefficient (Wildman–Crippen LogP) is 1.40. The van der Waals surface area contributed by atoms with Crippen molar-refractivity contribution in [1.29, 1.82) is 0 Å². The zero-order valence-corrected chi connectivity index (χ0v) is 10.1. The smallest absolute Gasteiger partial charge is 0.255 e. The van der Waals surface area contributed by atoms with Crippen LogP contribution in [0.2, 0.25) is 0 Å². The van der Waals surface area contributed by atoms with Gasteiger partial charge in [-0.25, -0.2) is 0 Å². The minimum absolute atomic E-state index is 0.0855. The number of ether oxygens (including phenoxy) is 1. The predicted molar refractivity (Wildman–Crippen MR) is 65.7 cm³/mol. The molecule has 98 valence electrons. The summed E-state index contributed by atoms with van der Waals surface area (Å²) in [5, 5.41) is 21.5. The van der Waals surface area contributed by atoms with E-state index in [9.17, 15) is 15.0 Å². The lowest BCUT2D eigenvalue weighted by molar-refractivity contribution is 0.0904. The topological polar surface area (TPSA) is 78.8 Å². The van der Waals surface area contributed by atoms with Crippen LogP contribution in [0.1, 0.15) is 29.6 Å². The Morgan fingerprint density at radius 2 is 2.28 bits per heavy atom.